The molecule has 94 valence electrons. The Morgan fingerprint density at radius 1 is 1.39 bits per heavy atom. The fourth-order valence-electron chi connectivity index (χ4n) is 1.35. The first-order valence-corrected chi connectivity index (χ1v) is 7.01. The third-order valence-electron chi connectivity index (χ3n) is 2.29. The summed E-state index contributed by atoms with van der Waals surface area (Å²) >= 11 is 4.50. The fourth-order valence-corrected chi connectivity index (χ4v) is 2.30. The summed E-state index contributed by atoms with van der Waals surface area (Å²) in [5, 5.41) is 9.43. The van der Waals surface area contributed by atoms with E-state index < -0.39 is 0 Å². The fraction of sp³-hybridized carbons (Fsp3) is 0.167. The molecule has 1 aromatic heterocycles. The van der Waals surface area contributed by atoms with Crippen molar-refractivity contribution in [3.63, 3.8) is 0 Å². The van der Waals surface area contributed by atoms with Gasteiger partial charge in [0, 0.05) is 4.90 Å². The molecule has 0 atom stereocenters. The van der Waals surface area contributed by atoms with Crippen molar-refractivity contribution in [2.75, 3.05) is 0 Å². The molecule has 0 bridgehead atoms. The summed E-state index contributed by atoms with van der Waals surface area (Å²) in [6, 6.07) is 8.07. The van der Waals surface area contributed by atoms with Crippen LogP contribution in [0.25, 0.3) is 0 Å². The number of benzene rings is 1. The van der Waals surface area contributed by atoms with E-state index in [0.29, 0.717) is 11.6 Å². The highest BCUT2D eigenvalue weighted by Gasteiger charge is 2.07. The van der Waals surface area contributed by atoms with E-state index in [4.69, 9.17) is 0 Å². The first-order chi connectivity index (χ1) is 8.56. The van der Waals surface area contributed by atoms with Crippen LogP contribution < -0.4 is 5.56 Å². The molecule has 4 nitrogen and oxygen atoms in total. The summed E-state index contributed by atoms with van der Waals surface area (Å²) in [7, 11) is 0. The Morgan fingerprint density at radius 3 is 2.67 bits per heavy atom. The highest BCUT2D eigenvalue weighted by molar-refractivity contribution is 9.10. The van der Waals surface area contributed by atoms with Crippen LogP contribution in [0.1, 0.15) is 11.4 Å². The first kappa shape index (κ1) is 13.2. The largest absolute Gasteiger partial charge is 0.492 e. The van der Waals surface area contributed by atoms with Crippen molar-refractivity contribution >= 4 is 27.7 Å². The quantitative estimate of drug-likeness (QED) is 0.851. The Hall–Kier alpha value is -1.27. The van der Waals surface area contributed by atoms with Crippen LogP contribution in [-0.2, 0) is 5.75 Å². The summed E-state index contributed by atoms with van der Waals surface area (Å²) in [6.45, 7) is 2.03. The molecular formula is C12H11BrN2O2S. The van der Waals surface area contributed by atoms with Crippen molar-refractivity contribution in [1.29, 1.82) is 0 Å². The number of halogens is 1. The van der Waals surface area contributed by atoms with Gasteiger partial charge in [-0.15, -0.1) is 11.8 Å². The van der Waals surface area contributed by atoms with Crippen LogP contribution in [0.2, 0.25) is 0 Å². The number of aromatic hydroxyl groups is 1. The molecule has 0 amide bonds. The van der Waals surface area contributed by atoms with Gasteiger partial charge in [-0.2, -0.15) is 4.98 Å². The molecule has 2 N–H and O–H groups in total. The Morgan fingerprint density at radius 2 is 2.06 bits per heavy atom. The van der Waals surface area contributed by atoms with Crippen LogP contribution in [0.5, 0.6) is 5.88 Å². The molecule has 6 heteroatoms. The number of nitrogens with one attached hydrogen (secondary N) is 1. The van der Waals surface area contributed by atoms with Crippen LogP contribution in [-0.4, -0.2) is 15.1 Å². The highest BCUT2D eigenvalue weighted by atomic mass is 79.9. The lowest BCUT2D eigenvalue weighted by molar-refractivity contribution is 0.444. The Kier molecular flexibility index (Phi) is 4.08. The smallest absolute Gasteiger partial charge is 0.269 e. The number of rotatable bonds is 3. The Labute approximate surface area is 117 Å². The third-order valence-corrected chi connectivity index (χ3v) is 4.03. The standard InChI is InChI=1S/C12H11BrN2O2S/c1-7-2-4-8(5-3-7)18-6-9-14-11(16)10(13)12(17)15-9/h2-5H,6H2,1H3,(H2,14,15,16,17). The zero-order chi connectivity index (χ0) is 13.1. The molecular weight excluding hydrogens is 316 g/mol. The van der Waals surface area contributed by atoms with Gasteiger partial charge in [-0.3, -0.25) is 4.79 Å². The van der Waals surface area contributed by atoms with Gasteiger partial charge in [-0.1, -0.05) is 17.7 Å². The number of hydrogen-bond acceptors (Lipinski definition) is 4. The minimum absolute atomic E-state index is 0.0617. The lowest BCUT2D eigenvalue weighted by Gasteiger charge is -2.03. The van der Waals surface area contributed by atoms with Crippen molar-refractivity contribution in [2.45, 2.75) is 17.6 Å². The van der Waals surface area contributed by atoms with Gasteiger partial charge in [0.1, 0.15) is 10.3 Å². The summed E-state index contributed by atoms with van der Waals surface area (Å²) in [5.74, 6) is 0.670. The number of aromatic amines is 1. The van der Waals surface area contributed by atoms with Gasteiger partial charge in [0.05, 0.1) is 5.75 Å². The van der Waals surface area contributed by atoms with Gasteiger partial charge < -0.3 is 10.1 Å². The second-order valence-electron chi connectivity index (χ2n) is 3.75. The maximum absolute atomic E-state index is 11.4. The summed E-state index contributed by atoms with van der Waals surface area (Å²) in [6.07, 6.45) is 0. The molecule has 1 heterocycles. The predicted octanol–water partition coefficient (Wildman–Crippen LogP) is 2.84. The molecule has 0 aliphatic rings. The normalized spacial score (nSPS) is 10.6. The molecule has 0 fully saturated rings. The van der Waals surface area contributed by atoms with Crippen LogP contribution in [0.3, 0.4) is 0 Å². The third kappa shape index (κ3) is 3.14. The van der Waals surface area contributed by atoms with Crippen LogP contribution in [0, 0.1) is 6.92 Å². The Bertz CT molecular complexity index is 610. The van der Waals surface area contributed by atoms with Gasteiger partial charge in [-0.05, 0) is 35.0 Å². The van der Waals surface area contributed by atoms with Crippen molar-refractivity contribution in [3.8, 4) is 5.88 Å². The van der Waals surface area contributed by atoms with Gasteiger partial charge in [0.15, 0.2) is 0 Å². The van der Waals surface area contributed by atoms with Gasteiger partial charge in [0.2, 0.25) is 5.88 Å². The monoisotopic (exact) mass is 326 g/mol. The van der Waals surface area contributed by atoms with E-state index in [0.717, 1.165) is 4.90 Å². The highest BCUT2D eigenvalue weighted by Crippen LogP contribution is 2.23. The lowest BCUT2D eigenvalue weighted by Crippen LogP contribution is -2.11. The molecule has 0 saturated heterocycles. The second-order valence-corrected chi connectivity index (χ2v) is 5.59. The van der Waals surface area contributed by atoms with E-state index in [9.17, 15) is 9.90 Å². The van der Waals surface area contributed by atoms with Crippen molar-refractivity contribution in [3.05, 3.63) is 50.5 Å². The first-order valence-electron chi connectivity index (χ1n) is 5.23. The minimum atomic E-state index is -0.373. The molecule has 0 aliphatic heterocycles. The SMILES string of the molecule is Cc1ccc(SCc2nc(O)c(Br)c(=O)[nH]2)cc1. The maximum atomic E-state index is 11.4. The summed E-state index contributed by atoms with van der Waals surface area (Å²) in [4.78, 5) is 19.0. The predicted molar refractivity (Wildman–Crippen MR) is 75.0 cm³/mol. The molecule has 1 aromatic carbocycles. The van der Waals surface area contributed by atoms with Gasteiger partial charge >= 0.3 is 0 Å². The van der Waals surface area contributed by atoms with E-state index in [1.54, 1.807) is 11.8 Å². The molecule has 0 saturated carbocycles. The molecule has 0 radical (unpaired) electrons. The van der Waals surface area contributed by atoms with E-state index in [2.05, 4.69) is 25.9 Å². The van der Waals surface area contributed by atoms with E-state index in [1.165, 1.54) is 5.56 Å². The minimum Gasteiger partial charge on any atom is -0.492 e. The number of aryl methyl sites for hydroxylation is 1. The Balaban J connectivity index is 2.11. The molecule has 2 aromatic rings. The van der Waals surface area contributed by atoms with Crippen LogP contribution in [0.15, 0.2) is 38.4 Å². The maximum Gasteiger partial charge on any atom is 0.269 e. The second kappa shape index (κ2) is 5.58. The molecule has 0 spiro atoms. The number of aromatic nitrogens is 2. The van der Waals surface area contributed by atoms with E-state index in [-0.39, 0.29) is 15.9 Å². The number of thioether (sulfide) groups is 1. The number of H-pyrrole nitrogens is 1. The van der Waals surface area contributed by atoms with E-state index in [1.807, 2.05) is 31.2 Å². The molecule has 2 rings (SSSR count). The molecule has 0 unspecified atom stereocenters. The summed E-state index contributed by atoms with van der Waals surface area (Å²) < 4.78 is 0.0617. The average Bonchev–Trinajstić information content (AvgIpc) is 2.35. The van der Waals surface area contributed by atoms with Crippen molar-refractivity contribution in [2.24, 2.45) is 0 Å². The number of hydrogen-bond donors (Lipinski definition) is 2. The zero-order valence-electron chi connectivity index (χ0n) is 9.61. The number of nitrogens with zero attached hydrogens (tertiary/aromatic N) is 1. The lowest BCUT2D eigenvalue weighted by atomic mass is 10.2. The van der Waals surface area contributed by atoms with E-state index >= 15 is 0 Å². The van der Waals surface area contributed by atoms with Crippen molar-refractivity contribution in [1.82, 2.24) is 9.97 Å². The molecule has 0 aliphatic carbocycles. The summed E-state index contributed by atoms with van der Waals surface area (Å²) in [5.41, 5.74) is 0.828. The topological polar surface area (TPSA) is 66.0 Å². The average molecular weight is 327 g/mol. The van der Waals surface area contributed by atoms with Gasteiger partial charge in [0.25, 0.3) is 5.56 Å². The van der Waals surface area contributed by atoms with Crippen LogP contribution in [0.4, 0.5) is 0 Å². The van der Waals surface area contributed by atoms with Crippen LogP contribution >= 0.6 is 27.7 Å². The van der Waals surface area contributed by atoms with Gasteiger partial charge in [-0.25, -0.2) is 0 Å². The molecule has 18 heavy (non-hydrogen) atoms. The zero-order valence-corrected chi connectivity index (χ0v) is 12.0. The van der Waals surface area contributed by atoms with Crippen molar-refractivity contribution < 1.29 is 5.11 Å².